The van der Waals surface area contributed by atoms with Crippen LogP contribution in [0.2, 0.25) is 0 Å². The zero-order chi connectivity index (χ0) is 29.0. The molecular weight excluding hydrogens is 543 g/mol. The zero-order valence-corrected chi connectivity index (χ0v) is 22.6. The largest absolute Gasteiger partial charge is 0.426 e. The van der Waals surface area contributed by atoms with E-state index in [-0.39, 0.29) is 54.8 Å². The molecule has 1 unspecified atom stereocenters. The highest BCUT2D eigenvalue weighted by molar-refractivity contribution is 7.92. The SMILES string of the molecule is CC(C)(O)CCNC(=O)N1CC[C@@]2(S(=O)(=O)c3ccc(F)cc3)c3ccc(C(C)(F)C(F)(F)F)cc3CC[C@@H]12. The fourth-order valence-electron chi connectivity index (χ4n) is 5.63. The molecule has 39 heavy (non-hydrogen) atoms. The standard InChI is InChI=1S/C27H31F5N2O4S/c1-24(2,36)12-14-33-23(35)34-15-13-26(39(37,38)20-8-6-19(28)7-9-20)21-10-5-18(25(3,29)27(30,31)32)16-17(21)4-11-22(26)34/h5-10,16,22,36H,4,11-15H2,1-3H3,(H,33,35)/t22-,25?,26-/m1/s1. The Hall–Kier alpha value is -2.73. The van der Waals surface area contributed by atoms with Crippen LogP contribution in [-0.4, -0.2) is 55.4 Å². The van der Waals surface area contributed by atoms with Crippen molar-refractivity contribution in [2.45, 2.75) is 79.6 Å². The lowest BCUT2D eigenvalue weighted by molar-refractivity contribution is -0.228. The number of rotatable bonds is 6. The normalized spacial score (nSPS) is 23.1. The molecular formula is C27H31F5N2O4S. The monoisotopic (exact) mass is 574 g/mol. The second-order valence-electron chi connectivity index (χ2n) is 11.0. The predicted molar refractivity (Wildman–Crippen MR) is 134 cm³/mol. The Morgan fingerprint density at radius 2 is 1.74 bits per heavy atom. The number of halogens is 5. The molecule has 1 aliphatic carbocycles. The number of likely N-dealkylation sites (tertiary alicyclic amines) is 1. The Bertz CT molecular complexity index is 1350. The number of benzene rings is 2. The van der Waals surface area contributed by atoms with E-state index in [1.54, 1.807) is 13.8 Å². The molecule has 214 valence electrons. The fourth-order valence-corrected chi connectivity index (χ4v) is 7.99. The van der Waals surface area contributed by atoms with Crippen LogP contribution in [0.5, 0.6) is 0 Å². The van der Waals surface area contributed by atoms with Crippen LogP contribution >= 0.6 is 0 Å². The summed E-state index contributed by atoms with van der Waals surface area (Å²) in [6.45, 7) is 3.76. The highest BCUT2D eigenvalue weighted by atomic mass is 32.2. The third kappa shape index (κ3) is 5.01. The lowest BCUT2D eigenvalue weighted by Crippen LogP contribution is -2.54. The average Bonchev–Trinajstić information content (AvgIpc) is 3.24. The topological polar surface area (TPSA) is 86.7 Å². The Morgan fingerprint density at radius 3 is 2.33 bits per heavy atom. The van der Waals surface area contributed by atoms with Crippen LogP contribution in [0, 0.1) is 5.82 Å². The number of hydrogen-bond donors (Lipinski definition) is 2. The molecule has 1 saturated heterocycles. The number of nitrogens with one attached hydrogen (secondary N) is 1. The van der Waals surface area contributed by atoms with E-state index in [2.05, 4.69) is 5.32 Å². The first-order valence-electron chi connectivity index (χ1n) is 12.6. The van der Waals surface area contributed by atoms with Crippen LogP contribution in [0.1, 0.15) is 56.7 Å². The number of carbonyl (C=O) groups excluding carboxylic acids is 1. The van der Waals surface area contributed by atoms with Gasteiger partial charge in [0.15, 0.2) is 9.84 Å². The average molecular weight is 575 g/mol. The quantitative estimate of drug-likeness (QED) is 0.370. The minimum Gasteiger partial charge on any atom is -0.390 e. The first-order valence-corrected chi connectivity index (χ1v) is 14.1. The van der Waals surface area contributed by atoms with Crippen molar-refractivity contribution in [3.8, 4) is 0 Å². The Balaban J connectivity index is 1.81. The maximum Gasteiger partial charge on any atom is 0.426 e. The van der Waals surface area contributed by atoms with Gasteiger partial charge in [-0.25, -0.2) is 22.0 Å². The molecule has 2 N–H and O–H groups in total. The summed E-state index contributed by atoms with van der Waals surface area (Å²) in [6, 6.07) is 6.05. The lowest BCUT2D eigenvalue weighted by Gasteiger charge is -2.43. The number of fused-ring (bicyclic) bond motifs is 3. The Labute approximate surface area is 224 Å². The minimum atomic E-state index is -5.18. The number of nitrogens with zero attached hydrogens (tertiary/aromatic N) is 1. The van der Waals surface area contributed by atoms with E-state index >= 15 is 0 Å². The minimum absolute atomic E-state index is 0.0318. The van der Waals surface area contributed by atoms with E-state index in [4.69, 9.17) is 0 Å². The fraction of sp³-hybridized carbons (Fsp3) is 0.519. The maximum absolute atomic E-state index is 14.8. The number of hydrogen-bond acceptors (Lipinski definition) is 4. The molecule has 0 radical (unpaired) electrons. The van der Waals surface area contributed by atoms with Gasteiger partial charge in [0.25, 0.3) is 0 Å². The molecule has 1 aliphatic heterocycles. The first kappa shape index (κ1) is 29.3. The smallest absolute Gasteiger partial charge is 0.390 e. The van der Waals surface area contributed by atoms with Crippen LogP contribution in [0.25, 0.3) is 0 Å². The van der Waals surface area contributed by atoms with Crippen molar-refractivity contribution in [2.75, 3.05) is 13.1 Å². The van der Waals surface area contributed by atoms with Crippen molar-refractivity contribution < 1.29 is 40.3 Å². The van der Waals surface area contributed by atoms with E-state index in [9.17, 15) is 40.3 Å². The van der Waals surface area contributed by atoms with Crippen LogP contribution in [0.4, 0.5) is 26.7 Å². The number of alkyl halides is 4. The second kappa shape index (κ2) is 9.72. The summed E-state index contributed by atoms with van der Waals surface area (Å²) in [4.78, 5) is 14.4. The molecule has 12 heteroatoms. The van der Waals surface area contributed by atoms with Crippen molar-refractivity contribution >= 4 is 15.9 Å². The summed E-state index contributed by atoms with van der Waals surface area (Å²) in [7, 11) is -4.32. The summed E-state index contributed by atoms with van der Waals surface area (Å²) in [5.41, 5.74) is -4.86. The highest BCUT2D eigenvalue weighted by Crippen LogP contribution is 2.53. The van der Waals surface area contributed by atoms with E-state index in [1.165, 1.54) is 11.0 Å². The van der Waals surface area contributed by atoms with Crippen molar-refractivity contribution in [1.82, 2.24) is 10.2 Å². The van der Waals surface area contributed by atoms with E-state index in [0.717, 1.165) is 36.4 Å². The number of amides is 2. The van der Waals surface area contributed by atoms with Crippen LogP contribution in [0.3, 0.4) is 0 Å². The van der Waals surface area contributed by atoms with Crippen molar-refractivity contribution in [1.29, 1.82) is 0 Å². The number of aryl methyl sites for hydroxylation is 1. The van der Waals surface area contributed by atoms with E-state index in [0.29, 0.717) is 6.92 Å². The number of urea groups is 1. The van der Waals surface area contributed by atoms with Crippen LogP contribution in [-0.2, 0) is 26.7 Å². The number of aliphatic hydroxyl groups is 1. The maximum atomic E-state index is 14.8. The molecule has 2 aromatic carbocycles. The molecule has 1 fully saturated rings. The van der Waals surface area contributed by atoms with Gasteiger partial charge < -0.3 is 15.3 Å². The molecule has 6 nitrogen and oxygen atoms in total. The molecule has 2 aliphatic rings. The van der Waals surface area contributed by atoms with Gasteiger partial charge in [-0.1, -0.05) is 18.2 Å². The molecule has 0 aromatic heterocycles. The van der Waals surface area contributed by atoms with Gasteiger partial charge in [0.1, 0.15) is 10.6 Å². The van der Waals surface area contributed by atoms with Crippen molar-refractivity contribution in [3.05, 3.63) is 65.0 Å². The van der Waals surface area contributed by atoms with Crippen molar-refractivity contribution in [3.63, 3.8) is 0 Å². The van der Waals surface area contributed by atoms with Gasteiger partial charge >= 0.3 is 12.2 Å². The molecule has 4 rings (SSSR count). The number of sulfone groups is 1. The van der Waals surface area contributed by atoms with Crippen LogP contribution < -0.4 is 5.32 Å². The molecule has 2 aromatic rings. The Morgan fingerprint density at radius 1 is 1.10 bits per heavy atom. The van der Waals surface area contributed by atoms with Gasteiger partial charge in [-0.15, -0.1) is 0 Å². The summed E-state index contributed by atoms with van der Waals surface area (Å²) < 4.78 is 95.5. The molecule has 2 amide bonds. The summed E-state index contributed by atoms with van der Waals surface area (Å²) in [5, 5.41) is 12.7. The Kier molecular flexibility index (Phi) is 7.29. The van der Waals surface area contributed by atoms with Gasteiger partial charge in [0, 0.05) is 13.1 Å². The van der Waals surface area contributed by atoms with Gasteiger partial charge in [0.2, 0.25) is 5.67 Å². The lowest BCUT2D eigenvalue weighted by atomic mass is 9.77. The predicted octanol–water partition coefficient (Wildman–Crippen LogP) is 5.13. The molecule has 0 spiro atoms. The van der Waals surface area contributed by atoms with E-state index in [1.807, 2.05) is 0 Å². The van der Waals surface area contributed by atoms with Crippen LogP contribution in [0.15, 0.2) is 47.4 Å². The number of carbonyl (C=O) groups is 1. The molecule has 0 bridgehead atoms. The summed E-state index contributed by atoms with van der Waals surface area (Å²) in [6.07, 6.45) is -4.76. The molecule has 1 heterocycles. The summed E-state index contributed by atoms with van der Waals surface area (Å²) in [5.74, 6) is -0.648. The second-order valence-corrected chi connectivity index (χ2v) is 13.2. The third-order valence-corrected chi connectivity index (χ3v) is 10.4. The van der Waals surface area contributed by atoms with Crippen molar-refractivity contribution in [2.24, 2.45) is 0 Å². The van der Waals surface area contributed by atoms with Gasteiger partial charge in [-0.3, -0.25) is 0 Å². The third-order valence-electron chi connectivity index (χ3n) is 7.84. The summed E-state index contributed by atoms with van der Waals surface area (Å²) >= 11 is 0. The zero-order valence-electron chi connectivity index (χ0n) is 21.8. The highest BCUT2D eigenvalue weighted by Gasteiger charge is 2.61. The first-order chi connectivity index (χ1) is 17.9. The van der Waals surface area contributed by atoms with E-state index < -0.39 is 55.5 Å². The van der Waals surface area contributed by atoms with Gasteiger partial charge in [-0.05, 0) is 87.4 Å². The van der Waals surface area contributed by atoms with Gasteiger partial charge in [0.05, 0.1) is 16.5 Å². The van der Waals surface area contributed by atoms with Gasteiger partial charge in [-0.2, -0.15) is 13.2 Å². The molecule has 3 atom stereocenters. The molecule has 0 saturated carbocycles.